The number of esters is 1. The molecule has 6 nitrogen and oxygen atoms in total. The summed E-state index contributed by atoms with van der Waals surface area (Å²) in [4.78, 5) is 24.3. The van der Waals surface area contributed by atoms with Crippen LogP contribution < -0.4 is 14.8 Å². The Morgan fingerprint density at radius 3 is 2.43 bits per heavy atom. The zero-order valence-corrected chi connectivity index (χ0v) is 16.4. The number of hydrogen-bond donors (Lipinski definition) is 1. The highest BCUT2D eigenvalue weighted by Crippen LogP contribution is 2.46. The molecule has 1 saturated carbocycles. The van der Waals surface area contributed by atoms with Crippen LogP contribution in [0.4, 0.5) is 5.69 Å². The summed E-state index contributed by atoms with van der Waals surface area (Å²) in [6.45, 7) is 0. The normalized spacial score (nSPS) is 14.1. The van der Waals surface area contributed by atoms with Crippen LogP contribution in [0.15, 0.2) is 42.5 Å². The summed E-state index contributed by atoms with van der Waals surface area (Å²) in [6, 6.07) is 12.6. The van der Waals surface area contributed by atoms with E-state index in [1.165, 1.54) is 7.11 Å². The van der Waals surface area contributed by atoms with Crippen LogP contribution in [0, 0.1) is 5.92 Å². The van der Waals surface area contributed by atoms with Gasteiger partial charge in [0.15, 0.2) is 11.5 Å². The lowest BCUT2D eigenvalue weighted by atomic mass is 9.90. The van der Waals surface area contributed by atoms with Crippen LogP contribution in [-0.4, -0.2) is 33.2 Å². The van der Waals surface area contributed by atoms with Crippen molar-refractivity contribution in [2.45, 2.75) is 25.2 Å². The molecule has 0 bridgehead atoms. The largest absolute Gasteiger partial charge is 0.493 e. The lowest BCUT2D eigenvalue weighted by Gasteiger charge is -2.18. The van der Waals surface area contributed by atoms with E-state index in [0.717, 1.165) is 18.4 Å². The van der Waals surface area contributed by atoms with Crippen molar-refractivity contribution in [3.63, 3.8) is 0 Å². The van der Waals surface area contributed by atoms with Gasteiger partial charge in [0.05, 0.1) is 26.9 Å². The second kappa shape index (κ2) is 8.78. The average molecular weight is 383 g/mol. The number of methoxy groups -OCH3 is 3. The van der Waals surface area contributed by atoms with Gasteiger partial charge < -0.3 is 19.5 Å². The van der Waals surface area contributed by atoms with Crippen molar-refractivity contribution in [3.8, 4) is 11.5 Å². The van der Waals surface area contributed by atoms with Crippen molar-refractivity contribution in [3.05, 3.63) is 53.6 Å². The summed E-state index contributed by atoms with van der Waals surface area (Å²) in [5.74, 6) is 1.42. The zero-order valence-electron chi connectivity index (χ0n) is 16.4. The first-order valence-corrected chi connectivity index (χ1v) is 9.26. The van der Waals surface area contributed by atoms with E-state index in [1.807, 2.05) is 18.2 Å². The minimum atomic E-state index is -0.433. The van der Waals surface area contributed by atoms with E-state index < -0.39 is 5.97 Å². The van der Waals surface area contributed by atoms with Gasteiger partial charge in [-0.3, -0.25) is 4.79 Å². The third-order valence-electron chi connectivity index (χ3n) is 5.00. The van der Waals surface area contributed by atoms with Crippen LogP contribution in [0.3, 0.4) is 0 Å². The summed E-state index contributed by atoms with van der Waals surface area (Å²) >= 11 is 0. The van der Waals surface area contributed by atoms with Crippen molar-refractivity contribution in [1.29, 1.82) is 0 Å². The molecule has 28 heavy (non-hydrogen) atoms. The molecule has 2 aromatic carbocycles. The van der Waals surface area contributed by atoms with E-state index in [-0.39, 0.29) is 11.8 Å². The maximum atomic E-state index is 12.7. The SMILES string of the molecule is COC(=O)c1cccc(NC(=O)CC(c2ccc(OC)c(OC)c2)C2CC2)c1. The van der Waals surface area contributed by atoms with E-state index in [4.69, 9.17) is 14.2 Å². The standard InChI is InChI=1S/C22H25NO5/c1-26-19-10-9-15(12-20(19)27-2)18(14-7-8-14)13-21(24)23-17-6-4-5-16(11-17)22(25)28-3/h4-6,9-12,14,18H,7-8,13H2,1-3H3,(H,23,24). The third-order valence-corrected chi connectivity index (χ3v) is 5.00. The van der Waals surface area contributed by atoms with Gasteiger partial charge in [0.1, 0.15) is 0 Å². The first-order chi connectivity index (χ1) is 13.5. The Morgan fingerprint density at radius 2 is 1.79 bits per heavy atom. The molecular formula is C22H25NO5. The van der Waals surface area contributed by atoms with E-state index in [2.05, 4.69) is 5.32 Å². The molecule has 6 heteroatoms. The number of benzene rings is 2. The number of nitrogens with one attached hydrogen (secondary N) is 1. The molecule has 3 rings (SSSR count). The number of carbonyl (C=O) groups excluding carboxylic acids is 2. The highest BCUT2D eigenvalue weighted by Gasteiger charge is 2.34. The van der Waals surface area contributed by atoms with Crippen LogP contribution in [0.1, 0.15) is 41.1 Å². The summed E-state index contributed by atoms with van der Waals surface area (Å²) in [7, 11) is 4.54. The van der Waals surface area contributed by atoms with Gasteiger partial charge in [-0.15, -0.1) is 0 Å². The minimum absolute atomic E-state index is 0.0892. The maximum absolute atomic E-state index is 12.7. The molecule has 0 aromatic heterocycles. The Kier molecular flexibility index (Phi) is 6.19. The monoisotopic (exact) mass is 383 g/mol. The Bertz CT molecular complexity index is 860. The van der Waals surface area contributed by atoms with Crippen LogP contribution >= 0.6 is 0 Å². The van der Waals surface area contributed by atoms with Crippen molar-refractivity contribution < 1.29 is 23.8 Å². The van der Waals surface area contributed by atoms with Gasteiger partial charge in [-0.05, 0) is 60.6 Å². The third kappa shape index (κ3) is 4.63. The van der Waals surface area contributed by atoms with Gasteiger partial charge in [0.2, 0.25) is 5.91 Å². The number of carbonyl (C=O) groups is 2. The molecule has 1 fully saturated rings. The summed E-state index contributed by atoms with van der Waals surface area (Å²) in [5.41, 5.74) is 2.05. The summed E-state index contributed by atoms with van der Waals surface area (Å²) < 4.78 is 15.4. The molecule has 0 saturated heterocycles. The minimum Gasteiger partial charge on any atom is -0.493 e. The molecule has 0 aliphatic heterocycles. The Balaban J connectivity index is 1.73. The molecule has 1 aliphatic carbocycles. The molecule has 148 valence electrons. The first-order valence-electron chi connectivity index (χ1n) is 9.26. The maximum Gasteiger partial charge on any atom is 0.337 e. The number of rotatable bonds is 8. The van der Waals surface area contributed by atoms with Crippen molar-refractivity contribution in [1.82, 2.24) is 0 Å². The van der Waals surface area contributed by atoms with E-state index in [1.54, 1.807) is 38.5 Å². The van der Waals surface area contributed by atoms with Gasteiger partial charge in [-0.1, -0.05) is 12.1 Å². The number of amides is 1. The van der Waals surface area contributed by atoms with Gasteiger partial charge in [-0.25, -0.2) is 4.79 Å². The van der Waals surface area contributed by atoms with Gasteiger partial charge >= 0.3 is 5.97 Å². The van der Waals surface area contributed by atoms with Crippen molar-refractivity contribution >= 4 is 17.6 Å². The molecule has 0 spiro atoms. The number of anilines is 1. The van der Waals surface area contributed by atoms with Gasteiger partial charge in [-0.2, -0.15) is 0 Å². The van der Waals surface area contributed by atoms with E-state index in [9.17, 15) is 9.59 Å². The molecule has 1 N–H and O–H groups in total. The second-order valence-corrected chi connectivity index (χ2v) is 6.88. The van der Waals surface area contributed by atoms with Crippen molar-refractivity contribution in [2.75, 3.05) is 26.6 Å². The Labute approximate surface area is 164 Å². The van der Waals surface area contributed by atoms with E-state index >= 15 is 0 Å². The smallest absolute Gasteiger partial charge is 0.337 e. The second-order valence-electron chi connectivity index (χ2n) is 6.88. The lowest BCUT2D eigenvalue weighted by Crippen LogP contribution is -2.17. The summed E-state index contributed by atoms with van der Waals surface area (Å²) in [6.07, 6.45) is 2.59. The molecule has 2 aromatic rings. The highest BCUT2D eigenvalue weighted by molar-refractivity contribution is 5.94. The number of hydrogen-bond acceptors (Lipinski definition) is 5. The fourth-order valence-electron chi connectivity index (χ4n) is 3.39. The Hall–Kier alpha value is -3.02. The fourth-order valence-corrected chi connectivity index (χ4v) is 3.39. The first kappa shape index (κ1) is 19.7. The average Bonchev–Trinajstić information content (AvgIpc) is 3.56. The molecule has 0 radical (unpaired) electrons. The van der Waals surface area contributed by atoms with Gasteiger partial charge in [0, 0.05) is 12.1 Å². The topological polar surface area (TPSA) is 73.9 Å². The molecule has 1 atom stereocenters. The molecule has 1 unspecified atom stereocenters. The van der Waals surface area contributed by atoms with Crippen LogP contribution in [0.5, 0.6) is 11.5 Å². The predicted molar refractivity (Wildman–Crippen MR) is 106 cm³/mol. The summed E-state index contributed by atoms with van der Waals surface area (Å²) in [5, 5.41) is 2.89. The van der Waals surface area contributed by atoms with Crippen molar-refractivity contribution in [2.24, 2.45) is 5.92 Å². The van der Waals surface area contributed by atoms with Crippen LogP contribution in [-0.2, 0) is 9.53 Å². The van der Waals surface area contributed by atoms with Crippen LogP contribution in [0.2, 0.25) is 0 Å². The predicted octanol–water partition coefficient (Wildman–Crippen LogP) is 4.01. The number of ether oxygens (including phenoxy) is 3. The quantitative estimate of drug-likeness (QED) is 0.697. The molecular weight excluding hydrogens is 358 g/mol. The molecule has 1 aliphatic rings. The fraction of sp³-hybridized carbons (Fsp3) is 0.364. The Morgan fingerprint density at radius 1 is 1.04 bits per heavy atom. The highest BCUT2D eigenvalue weighted by atomic mass is 16.5. The molecule has 1 amide bonds. The lowest BCUT2D eigenvalue weighted by molar-refractivity contribution is -0.116. The zero-order chi connectivity index (χ0) is 20.1. The van der Waals surface area contributed by atoms with Gasteiger partial charge in [0.25, 0.3) is 0 Å². The molecule has 0 heterocycles. The van der Waals surface area contributed by atoms with Crippen LogP contribution in [0.25, 0.3) is 0 Å². The van der Waals surface area contributed by atoms with E-state index in [0.29, 0.717) is 35.1 Å².